The Morgan fingerprint density at radius 3 is 2.20 bits per heavy atom. The lowest BCUT2D eigenvalue weighted by molar-refractivity contribution is 0.0972. The molecule has 0 fully saturated rings. The SMILES string of the molecule is O=C1c2ccccc2C(=O)c2c1nnn2-c1ccc2ccccc2c1. The van der Waals surface area contributed by atoms with Gasteiger partial charge in [-0.05, 0) is 22.9 Å². The van der Waals surface area contributed by atoms with E-state index in [0.29, 0.717) is 16.8 Å². The van der Waals surface area contributed by atoms with Gasteiger partial charge in [-0.15, -0.1) is 5.10 Å². The van der Waals surface area contributed by atoms with Gasteiger partial charge in [-0.1, -0.05) is 59.8 Å². The lowest BCUT2D eigenvalue weighted by atomic mass is 9.90. The number of carbonyl (C=O) groups excluding carboxylic acids is 2. The molecule has 118 valence electrons. The summed E-state index contributed by atoms with van der Waals surface area (Å²) in [4.78, 5) is 25.6. The number of ketones is 2. The molecule has 0 atom stereocenters. The standard InChI is InChI=1S/C20H11N3O2/c24-19-15-7-3-4-8-16(15)20(25)18-17(19)21-22-23(18)14-10-9-12-5-1-2-6-13(12)11-14/h1-11H. The summed E-state index contributed by atoms with van der Waals surface area (Å²) >= 11 is 0. The number of carbonyl (C=O) groups is 2. The highest BCUT2D eigenvalue weighted by atomic mass is 16.1. The van der Waals surface area contributed by atoms with Gasteiger partial charge >= 0.3 is 0 Å². The molecule has 5 rings (SSSR count). The maximum Gasteiger partial charge on any atom is 0.216 e. The average molecular weight is 325 g/mol. The fourth-order valence-electron chi connectivity index (χ4n) is 3.26. The first kappa shape index (κ1) is 13.8. The van der Waals surface area contributed by atoms with Crippen molar-refractivity contribution >= 4 is 22.3 Å². The van der Waals surface area contributed by atoms with E-state index in [4.69, 9.17) is 0 Å². The minimum absolute atomic E-state index is 0.108. The van der Waals surface area contributed by atoms with E-state index >= 15 is 0 Å². The van der Waals surface area contributed by atoms with Gasteiger partial charge in [0.15, 0.2) is 5.69 Å². The maximum atomic E-state index is 12.9. The second-order valence-electron chi connectivity index (χ2n) is 5.93. The van der Waals surface area contributed by atoms with Crippen molar-refractivity contribution in [1.82, 2.24) is 15.0 Å². The van der Waals surface area contributed by atoms with Crippen LogP contribution in [0.15, 0.2) is 66.7 Å². The first-order valence-corrected chi connectivity index (χ1v) is 7.87. The Bertz CT molecular complexity index is 1190. The summed E-state index contributed by atoms with van der Waals surface area (Å²) in [6.45, 7) is 0. The van der Waals surface area contributed by atoms with Gasteiger partial charge in [-0.25, -0.2) is 4.68 Å². The molecule has 5 heteroatoms. The van der Waals surface area contributed by atoms with Crippen LogP contribution in [0.5, 0.6) is 0 Å². The minimum atomic E-state index is -0.266. The molecule has 25 heavy (non-hydrogen) atoms. The van der Waals surface area contributed by atoms with Gasteiger partial charge < -0.3 is 0 Å². The third-order valence-corrected chi connectivity index (χ3v) is 4.49. The van der Waals surface area contributed by atoms with Crippen LogP contribution in [0, 0.1) is 0 Å². The van der Waals surface area contributed by atoms with E-state index in [1.54, 1.807) is 24.3 Å². The molecule has 0 bridgehead atoms. The molecule has 1 heterocycles. The van der Waals surface area contributed by atoms with E-state index in [0.717, 1.165) is 10.8 Å². The fourth-order valence-corrected chi connectivity index (χ4v) is 3.26. The Hall–Kier alpha value is -3.60. The Kier molecular flexibility index (Phi) is 2.73. The van der Waals surface area contributed by atoms with Crippen molar-refractivity contribution in [3.63, 3.8) is 0 Å². The number of benzene rings is 3. The van der Waals surface area contributed by atoms with Crippen molar-refractivity contribution in [3.8, 4) is 5.69 Å². The molecule has 0 radical (unpaired) electrons. The van der Waals surface area contributed by atoms with Crippen LogP contribution in [0.4, 0.5) is 0 Å². The molecule has 0 saturated carbocycles. The molecule has 1 aliphatic carbocycles. The van der Waals surface area contributed by atoms with Crippen LogP contribution in [0.25, 0.3) is 16.5 Å². The van der Waals surface area contributed by atoms with E-state index in [1.807, 2.05) is 42.5 Å². The largest absolute Gasteiger partial charge is 0.287 e. The molecule has 3 aromatic carbocycles. The number of hydrogen-bond donors (Lipinski definition) is 0. The van der Waals surface area contributed by atoms with Gasteiger partial charge in [0, 0.05) is 11.1 Å². The van der Waals surface area contributed by atoms with Crippen molar-refractivity contribution < 1.29 is 9.59 Å². The molecular formula is C20H11N3O2. The van der Waals surface area contributed by atoms with E-state index < -0.39 is 0 Å². The molecule has 0 N–H and O–H groups in total. The summed E-state index contributed by atoms with van der Waals surface area (Å²) in [7, 11) is 0. The first-order valence-electron chi connectivity index (χ1n) is 7.87. The van der Waals surface area contributed by atoms with Crippen LogP contribution in [0.2, 0.25) is 0 Å². The van der Waals surface area contributed by atoms with Crippen molar-refractivity contribution in [2.24, 2.45) is 0 Å². The molecule has 0 aliphatic heterocycles. The van der Waals surface area contributed by atoms with Crippen LogP contribution in [-0.4, -0.2) is 26.6 Å². The van der Waals surface area contributed by atoms with E-state index in [9.17, 15) is 9.59 Å². The summed E-state index contributed by atoms with van der Waals surface area (Å²) in [6.07, 6.45) is 0. The smallest absolute Gasteiger partial charge is 0.216 e. The molecule has 4 aromatic rings. The van der Waals surface area contributed by atoms with E-state index in [-0.39, 0.29) is 23.0 Å². The van der Waals surface area contributed by atoms with Gasteiger partial charge in [0.2, 0.25) is 11.6 Å². The van der Waals surface area contributed by atoms with Crippen LogP contribution < -0.4 is 0 Å². The quantitative estimate of drug-likeness (QED) is 0.475. The zero-order chi connectivity index (χ0) is 17.0. The summed E-state index contributed by atoms with van der Waals surface area (Å²) in [5, 5.41) is 10.2. The Morgan fingerprint density at radius 1 is 0.720 bits per heavy atom. The predicted octanol–water partition coefficient (Wildman–Crippen LogP) is 3.20. The Labute approximate surface area is 142 Å². The van der Waals surface area contributed by atoms with Gasteiger partial charge in [0.05, 0.1) is 5.69 Å². The highest BCUT2D eigenvalue weighted by molar-refractivity contribution is 6.27. The summed E-state index contributed by atoms with van der Waals surface area (Å²) in [6, 6.07) is 20.5. The van der Waals surface area contributed by atoms with Gasteiger partial charge in [-0.3, -0.25) is 9.59 Å². The van der Waals surface area contributed by atoms with E-state index in [2.05, 4.69) is 10.3 Å². The third-order valence-electron chi connectivity index (χ3n) is 4.49. The minimum Gasteiger partial charge on any atom is -0.287 e. The Morgan fingerprint density at radius 2 is 1.40 bits per heavy atom. The molecule has 0 saturated heterocycles. The van der Waals surface area contributed by atoms with Crippen LogP contribution in [0.1, 0.15) is 32.1 Å². The topological polar surface area (TPSA) is 64.8 Å². The fraction of sp³-hybridized carbons (Fsp3) is 0. The summed E-state index contributed by atoms with van der Waals surface area (Å²) in [5.41, 5.74) is 1.80. The zero-order valence-corrected chi connectivity index (χ0v) is 13.0. The third kappa shape index (κ3) is 1.89. The predicted molar refractivity (Wildman–Crippen MR) is 92.2 cm³/mol. The van der Waals surface area contributed by atoms with Crippen LogP contribution >= 0.6 is 0 Å². The van der Waals surface area contributed by atoms with Gasteiger partial charge in [-0.2, -0.15) is 0 Å². The van der Waals surface area contributed by atoms with Crippen molar-refractivity contribution in [2.75, 3.05) is 0 Å². The zero-order valence-electron chi connectivity index (χ0n) is 13.0. The number of hydrogen-bond acceptors (Lipinski definition) is 4. The maximum absolute atomic E-state index is 12.9. The molecule has 5 nitrogen and oxygen atoms in total. The van der Waals surface area contributed by atoms with E-state index in [1.165, 1.54) is 4.68 Å². The highest BCUT2D eigenvalue weighted by Crippen LogP contribution is 2.28. The second-order valence-corrected chi connectivity index (χ2v) is 5.93. The second kappa shape index (κ2) is 4.95. The van der Waals surface area contributed by atoms with Crippen molar-refractivity contribution in [2.45, 2.75) is 0 Å². The number of fused-ring (bicyclic) bond motifs is 3. The molecule has 0 amide bonds. The van der Waals surface area contributed by atoms with Crippen molar-refractivity contribution in [1.29, 1.82) is 0 Å². The number of aromatic nitrogens is 3. The monoisotopic (exact) mass is 325 g/mol. The van der Waals surface area contributed by atoms with Gasteiger partial charge in [0.25, 0.3) is 0 Å². The summed E-state index contributed by atoms with van der Waals surface area (Å²) < 4.78 is 1.46. The molecular weight excluding hydrogens is 314 g/mol. The lowest BCUT2D eigenvalue weighted by Crippen LogP contribution is -2.22. The summed E-state index contributed by atoms with van der Waals surface area (Å²) in [5.74, 6) is -0.499. The Balaban J connectivity index is 1.74. The molecule has 1 aliphatic rings. The number of rotatable bonds is 1. The lowest BCUT2D eigenvalue weighted by Gasteiger charge is -2.14. The highest BCUT2D eigenvalue weighted by Gasteiger charge is 2.35. The normalized spacial score (nSPS) is 13.0. The van der Waals surface area contributed by atoms with Crippen molar-refractivity contribution in [3.05, 3.63) is 89.2 Å². The molecule has 0 spiro atoms. The first-order chi connectivity index (χ1) is 12.2. The average Bonchev–Trinajstić information content (AvgIpc) is 3.11. The molecule has 1 aromatic heterocycles. The number of nitrogens with zero attached hydrogens (tertiary/aromatic N) is 3. The van der Waals surface area contributed by atoms with Crippen LogP contribution in [0.3, 0.4) is 0 Å². The van der Waals surface area contributed by atoms with Crippen LogP contribution in [-0.2, 0) is 0 Å². The van der Waals surface area contributed by atoms with Gasteiger partial charge in [0.1, 0.15) is 5.69 Å². The molecule has 0 unspecified atom stereocenters.